The number of fused-ring (bicyclic) bond motifs is 4. The molecule has 0 saturated carbocycles. The molecule has 1 heterocycles. The summed E-state index contributed by atoms with van der Waals surface area (Å²) in [6.45, 7) is 0. The predicted molar refractivity (Wildman–Crippen MR) is 122 cm³/mol. The van der Waals surface area contributed by atoms with Gasteiger partial charge in [0.25, 0.3) is 0 Å². The first-order valence-electron chi connectivity index (χ1n) is 11.2. The van der Waals surface area contributed by atoms with Crippen LogP contribution < -0.4 is 0 Å². The molecule has 0 saturated heterocycles. The summed E-state index contributed by atoms with van der Waals surface area (Å²) < 4.78 is 7.01. The van der Waals surface area contributed by atoms with Crippen molar-refractivity contribution in [3.05, 3.63) is 92.3 Å². The van der Waals surface area contributed by atoms with E-state index in [1.807, 2.05) is 6.08 Å². The number of allylic oxidation sites excluding steroid dienone is 14. The number of halogens is 1. The van der Waals surface area contributed by atoms with Gasteiger partial charge < -0.3 is 4.74 Å². The minimum Gasteiger partial charge on any atom is -0.426 e. The largest absolute Gasteiger partial charge is 0.426 e. The Kier molecular flexibility index (Phi) is 4.49. The normalized spacial score (nSPS) is 32.2. The third-order valence-corrected chi connectivity index (χ3v) is 8.25. The molecule has 0 amide bonds. The number of carbonyl (C=O) groups excluding carboxylic acids is 1. The lowest BCUT2D eigenvalue weighted by Gasteiger charge is -2.43. The monoisotopic (exact) mass is 460 g/mol. The first-order chi connectivity index (χ1) is 14.7. The van der Waals surface area contributed by atoms with Crippen LogP contribution in [0.15, 0.2) is 92.3 Å². The van der Waals surface area contributed by atoms with Crippen molar-refractivity contribution < 1.29 is 9.53 Å². The fourth-order valence-electron chi connectivity index (χ4n) is 6.06. The van der Waals surface area contributed by atoms with E-state index in [1.54, 1.807) is 0 Å². The van der Waals surface area contributed by atoms with Crippen molar-refractivity contribution in [2.24, 2.45) is 17.8 Å². The summed E-state index contributed by atoms with van der Waals surface area (Å²) in [5, 5.41) is 0. The van der Waals surface area contributed by atoms with E-state index in [-0.39, 0.29) is 11.9 Å². The highest BCUT2D eigenvalue weighted by Gasteiger charge is 2.43. The lowest BCUT2D eigenvalue weighted by molar-refractivity contribution is -0.143. The van der Waals surface area contributed by atoms with Gasteiger partial charge in [-0.15, -0.1) is 0 Å². The van der Waals surface area contributed by atoms with Crippen molar-refractivity contribution in [2.45, 2.75) is 44.9 Å². The maximum atomic E-state index is 12.9. The second-order valence-corrected chi connectivity index (χ2v) is 9.92. The molecule has 0 radical (unpaired) electrons. The van der Waals surface area contributed by atoms with Gasteiger partial charge in [0, 0.05) is 4.48 Å². The van der Waals surface area contributed by atoms with Gasteiger partial charge in [-0.1, -0.05) is 64.0 Å². The average Bonchev–Trinajstić information content (AvgIpc) is 2.78. The van der Waals surface area contributed by atoms with Gasteiger partial charge in [-0.2, -0.15) is 0 Å². The van der Waals surface area contributed by atoms with E-state index in [4.69, 9.17) is 4.74 Å². The molecular weight excluding hydrogens is 436 g/mol. The van der Waals surface area contributed by atoms with Crippen LogP contribution in [0, 0.1) is 17.8 Å². The molecule has 6 aliphatic rings. The molecular formula is C27H25BrO2. The van der Waals surface area contributed by atoms with E-state index < -0.39 is 0 Å². The molecule has 0 aromatic heterocycles. The summed E-state index contributed by atoms with van der Waals surface area (Å²) in [7, 11) is 0. The molecule has 5 aliphatic carbocycles. The minimum atomic E-state index is -0.134. The quantitative estimate of drug-likeness (QED) is 0.397. The molecule has 0 N–H and O–H groups in total. The Morgan fingerprint density at radius 2 is 1.87 bits per heavy atom. The number of hydrogen-bond acceptors (Lipinski definition) is 2. The Bertz CT molecular complexity index is 1090. The van der Waals surface area contributed by atoms with Gasteiger partial charge in [0.1, 0.15) is 5.76 Å². The molecule has 2 nitrogen and oxygen atoms in total. The number of ether oxygens (including phenoxy) is 1. The zero-order valence-corrected chi connectivity index (χ0v) is 18.6. The zero-order chi connectivity index (χ0) is 20.2. The van der Waals surface area contributed by atoms with Gasteiger partial charge >= 0.3 is 5.97 Å². The molecule has 30 heavy (non-hydrogen) atoms. The Labute approximate surface area is 186 Å². The number of hydrogen-bond donors (Lipinski definition) is 0. The third kappa shape index (κ3) is 2.85. The Balaban J connectivity index is 1.46. The summed E-state index contributed by atoms with van der Waals surface area (Å²) >= 11 is 3.84. The molecule has 0 aromatic rings. The van der Waals surface area contributed by atoms with Crippen LogP contribution in [0.4, 0.5) is 0 Å². The fourth-order valence-corrected chi connectivity index (χ4v) is 6.75. The van der Waals surface area contributed by atoms with Crippen LogP contribution in [0.3, 0.4) is 0 Å². The maximum absolute atomic E-state index is 12.9. The van der Waals surface area contributed by atoms with Crippen LogP contribution in [0.1, 0.15) is 44.9 Å². The molecule has 0 spiro atoms. The van der Waals surface area contributed by atoms with Crippen molar-refractivity contribution in [3.8, 4) is 0 Å². The van der Waals surface area contributed by atoms with Gasteiger partial charge in [0.05, 0.1) is 5.92 Å². The molecule has 1 aliphatic heterocycles. The molecule has 0 bridgehead atoms. The number of carbonyl (C=O) groups is 1. The van der Waals surface area contributed by atoms with Gasteiger partial charge in [-0.05, 0) is 90.7 Å². The summed E-state index contributed by atoms with van der Waals surface area (Å²) in [6.07, 6.45) is 25.2. The lowest BCUT2D eigenvalue weighted by Crippen LogP contribution is -2.34. The molecule has 6 rings (SSSR count). The van der Waals surface area contributed by atoms with Crippen molar-refractivity contribution in [1.29, 1.82) is 0 Å². The summed E-state index contributed by atoms with van der Waals surface area (Å²) in [5.74, 6) is 1.56. The smallest absolute Gasteiger partial charge is 0.319 e. The molecule has 3 heteroatoms. The summed E-state index contributed by atoms with van der Waals surface area (Å²) in [4.78, 5) is 12.9. The average molecular weight is 461 g/mol. The fraction of sp³-hybridized carbons (Fsp3) is 0.370. The molecule has 0 fully saturated rings. The van der Waals surface area contributed by atoms with Crippen LogP contribution in [0.5, 0.6) is 0 Å². The van der Waals surface area contributed by atoms with Gasteiger partial charge in [-0.25, -0.2) is 0 Å². The van der Waals surface area contributed by atoms with E-state index in [2.05, 4.69) is 58.5 Å². The van der Waals surface area contributed by atoms with E-state index in [0.717, 1.165) is 50.7 Å². The third-order valence-electron chi connectivity index (χ3n) is 7.47. The predicted octanol–water partition coefficient (Wildman–Crippen LogP) is 6.91. The van der Waals surface area contributed by atoms with Gasteiger partial charge in [0.2, 0.25) is 0 Å². The van der Waals surface area contributed by atoms with Gasteiger partial charge in [0.15, 0.2) is 0 Å². The molecule has 3 unspecified atom stereocenters. The first kappa shape index (κ1) is 18.6. The SMILES string of the molecule is O=C1OC2=C(CCC=C2)C2=CC3=C(CC12)CC(C1=CCCC=C1Br)C1CC=CC=C31. The zero-order valence-electron chi connectivity index (χ0n) is 17.0. The highest BCUT2D eigenvalue weighted by molar-refractivity contribution is 9.12. The van der Waals surface area contributed by atoms with Crippen LogP contribution >= 0.6 is 15.9 Å². The summed E-state index contributed by atoms with van der Waals surface area (Å²) in [5.41, 5.74) is 8.23. The van der Waals surface area contributed by atoms with Crippen LogP contribution in [-0.4, -0.2) is 5.97 Å². The highest BCUT2D eigenvalue weighted by atomic mass is 79.9. The molecule has 152 valence electrons. The van der Waals surface area contributed by atoms with Crippen molar-refractivity contribution in [1.82, 2.24) is 0 Å². The van der Waals surface area contributed by atoms with E-state index in [9.17, 15) is 4.79 Å². The standard InChI is InChI=1S/C27H25BrO2/c28-25-11-5-3-9-19(25)22-13-16-14-24-23(15-21(16)17-7-1-2-8-18(17)22)20-10-4-6-12-26(20)30-27(24)29/h1-2,6-7,9,11-12,15,18,22,24H,3-5,8,10,13-14H2. The van der Waals surface area contributed by atoms with E-state index in [1.165, 1.54) is 37.9 Å². The minimum absolute atomic E-state index is 0.0766. The number of esters is 1. The van der Waals surface area contributed by atoms with Crippen LogP contribution in [0.2, 0.25) is 0 Å². The second-order valence-electron chi connectivity index (χ2n) is 9.07. The van der Waals surface area contributed by atoms with Crippen LogP contribution in [0.25, 0.3) is 0 Å². The Morgan fingerprint density at radius 1 is 0.967 bits per heavy atom. The molecule has 0 aromatic carbocycles. The van der Waals surface area contributed by atoms with Gasteiger partial charge in [-0.3, -0.25) is 4.79 Å². The Hall–Kier alpha value is -2.13. The van der Waals surface area contributed by atoms with Crippen molar-refractivity contribution in [2.75, 3.05) is 0 Å². The highest BCUT2D eigenvalue weighted by Crippen LogP contribution is 2.53. The van der Waals surface area contributed by atoms with E-state index in [0.29, 0.717) is 11.8 Å². The summed E-state index contributed by atoms with van der Waals surface area (Å²) in [6, 6.07) is 0. The maximum Gasteiger partial charge on any atom is 0.319 e. The van der Waals surface area contributed by atoms with Crippen molar-refractivity contribution >= 4 is 21.9 Å². The topological polar surface area (TPSA) is 26.3 Å². The second kappa shape index (κ2) is 7.23. The first-order valence-corrected chi connectivity index (χ1v) is 12.0. The lowest BCUT2D eigenvalue weighted by atomic mass is 9.62. The molecule has 3 atom stereocenters. The van der Waals surface area contributed by atoms with Crippen LogP contribution in [-0.2, 0) is 9.53 Å². The van der Waals surface area contributed by atoms with E-state index >= 15 is 0 Å². The Morgan fingerprint density at radius 3 is 2.77 bits per heavy atom. The number of rotatable bonds is 1. The van der Waals surface area contributed by atoms with Crippen molar-refractivity contribution in [3.63, 3.8) is 0 Å².